The maximum atomic E-state index is 10.6. The van der Waals surface area contributed by atoms with E-state index in [2.05, 4.69) is 10.3 Å². The smallest absolute Gasteiger partial charge is 0.320 e. The van der Waals surface area contributed by atoms with Gasteiger partial charge in [0.25, 0.3) is 0 Å². The predicted octanol–water partition coefficient (Wildman–Crippen LogP) is 1.21. The normalized spacial score (nSPS) is 14.7. The molecule has 0 aromatic carbocycles. The molecule has 0 saturated carbocycles. The summed E-state index contributed by atoms with van der Waals surface area (Å²) in [6.45, 7) is 3.53. The Morgan fingerprint density at radius 2 is 2.29 bits per heavy atom. The van der Waals surface area contributed by atoms with Gasteiger partial charge in [0.1, 0.15) is 6.04 Å². The average molecular weight is 194 g/mol. The molecule has 0 spiro atoms. The molecule has 1 heterocycles. The Labute approximate surface area is 83.0 Å². The van der Waals surface area contributed by atoms with Crippen molar-refractivity contribution in [2.75, 3.05) is 0 Å². The molecular weight excluding hydrogens is 180 g/mol. The van der Waals surface area contributed by atoms with Crippen LogP contribution >= 0.6 is 0 Å². The molecule has 0 radical (unpaired) electrons. The number of rotatable bonds is 4. The highest BCUT2D eigenvalue weighted by molar-refractivity contribution is 5.72. The van der Waals surface area contributed by atoms with Gasteiger partial charge in [-0.15, -0.1) is 0 Å². The largest absolute Gasteiger partial charge is 0.480 e. The molecule has 0 bridgehead atoms. The summed E-state index contributed by atoms with van der Waals surface area (Å²) in [7, 11) is 0. The summed E-state index contributed by atoms with van der Waals surface area (Å²) in [5, 5.41) is 11.7. The number of carbonyl (C=O) groups is 1. The van der Waals surface area contributed by atoms with Crippen molar-refractivity contribution in [2.24, 2.45) is 0 Å². The number of nitrogens with zero attached hydrogens (tertiary/aromatic N) is 1. The van der Waals surface area contributed by atoms with E-state index in [-0.39, 0.29) is 6.04 Å². The van der Waals surface area contributed by atoms with Gasteiger partial charge in [0.15, 0.2) is 0 Å². The molecule has 2 N–H and O–H groups in total. The van der Waals surface area contributed by atoms with Crippen LogP contribution in [-0.2, 0) is 4.79 Å². The van der Waals surface area contributed by atoms with Crippen molar-refractivity contribution in [3.05, 3.63) is 30.1 Å². The van der Waals surface area contributed by atoms with Crippen LogP contribution in [0.3, 0.4) is 0 Å². The van der Waals surface area contributed by atoms with Gasteiger partial charge < -0.3 is 5.11 Å². The summed E-state index contributed by atoms with van der Waals surface area (Å²) in [5.74, 6) is -0.847. The summed E-state index contributed by atoms with van der Waals surface area (Å²) in [5.41, 5.74) is 0.987. The van der Waals surface area contributed by atoms with E-state index in [9.17, 15) is 4.79 Å². The van der Waals surface area contributed by atoms with Gasteiger partial charge in [-0.25, -0.2) is 0 Å². The van der Waals surface area contributed by atoms with E-state index < -0.39 is 12.0 Å². The van der Waals surface area contributed by atoms with Crippen LogP contribution < -0.4 is 5.32 Å². The highest BCUT2D eigenvalue weighted by Crippen LogP contribution is 2.10. The van der Waals surface area contributed by atoms with Crippen LogP contribution in [0.5, 0.6) is 0 Å². The van der Waals surface area contributed by atoms with Gasteiger partial charge in [0.05, 0.1) is 0 Å². The quantitative estimate of drug-likeness (QED) is 0.756. The SMILES string of the molecule is CC(NC(C)c1cccnc1)C(=O)O. The summed E-state index contributed by atoms with van der Waals surface area (Å²) in [6, 6.07) is 3.19. The van der Waals surface area contributed by atoms with Gasteiger partial charge in [-0.2, -0.15) is 0 Å². The van der Waals surface area contributed by atoms with Crippen LogP contribution in [0.4, 0.5) is 0 Å². The zero-order valence-electron chi connectivity index (χ0n) is 8.27. The zero-order chi connectivity index (χ0) is 10.6. The van der Waals surface area contributed by atoms with Crippen LogP contribution in [-0.4, -0.2) is 22.1 Å². The van der Waals surface area contributed by atoms with Crippen molar-refractivity contribution in [1.82, 2.24) is 10.3 Å². The fraction of sp³-hybridized carbons (Fsp3) is 0.400. The lowest BCUT2D eigenvalue weighted by Crippen LogP contribution is -2.35. The maximum absolute atomic E-state index is 10.6. The first kappa shape index (κ1) is 10.7. The number of hydrogen-bond donors (Lipinski definition) is 2. The number of aromatic nitrogens is 1. The van der Waals surface area contributed by atoms with E-state index >= 15 is 0 Å². The third kappa shape index (κ3) is 2.81. The van der Waals surface area contributed by atoms with E-state index in [1.165, 1.54) is 0 Å². The number of aliphatic carboxylic acids is 1. The second-order valence-corrected chi connectivity index (χ2v) is 3.23. The molecule has 1 aromatic heterocycles. The fourth-order valence-corrected chi connectivity index (χ4v) is 1.17. The van der Waals surface area contributed by atoms with E-state index in [1.807, 2.05) is 19.1 Å². The second-order valence-electron chi connectivity index (χ2n) is 3.23. The molecule has 1 rings (SSSR count). The molecule has 14 heavy (non-hydrogen) atoms. The fourth-order valence-electron chi connectivity index (χ4n) is 1.17. The first-order chi connectivity index (χ1) is 6.61. The van der Waals surface area contributed by atoms with Crippen molar-refractivity contribution in [2.45, 2.75) is 25.9 Å². The molecule has 76 valence electrons. The highest BCUT2D eigenvalue weighted by Gasteiger charge is 2.14. The average Bonchev–Trinajstić information content (AvgIpc) is 2.19. The Bertz CT molecular complexity index is 300. The minimum Gasteiger partial charge on any atom is -0.480 e. The minimum absolute atomic E-state index is 0.00481. The summed E-state index contributed by atoms with van der Waals surface area (Å²) >= 11 is 0. The van der Waals surface area contributed by atoms with Gasteiger partial charge in [-0.05, 0) is 25.5 Å². The van der Waals surface area contributed by atoms with Crippen molar-refractivity contribution in [1.29, 1.82) is 0 Å². The predicted molar refractivity (Wildman–Crippen MR) is 52.9 cm³/mol. The maximum Gasteiger partial charge on any atom is 0.320 e. The lowest BCUT2D eigenvalue weighted by Gasteiger charge is -2.16. The number of pyridine rings is 1. The van der Waals surface area contributed by atoms with Gasteiger partial charge in [-0.3, -0.25) is 15.1 Å². The number of hydrogen-bond acceptors (Lipinski definition) is 3. The summed E-state index contributed by atoms with van der Waals surface area (Å²) < 4.78 is 0. The standard InChI is InChI=1S/C10H14N2O2/c1-7(12-8(2)10(13)14)9-4-3-5-11-6-9/h3-8,12H,1-2H3,(H,13,14). The van der Waals surface area contributed by atoms with Crippen molar-refractivity contribution in [3.8, 4) is 0 Å². The molecule has 0 aliphatic rings. The first-order valence-corrected chi connectivity index (χ1v) is 4.50. The summed E-state index contributed by atoms with van der Waals surface area (Å²) in [4.78, 5) is 14.6. The van der Waals surface area contributed by atoms with Crippen LogP contribution in [0.2, 0.25) is 0 Å². The Balaban J connectivity index is 2.59. The van der Waals surface area contributed by atoms with Gasteiger partial charge in [-0.1, -0.05) is 6.07 Å². The number of nitrogens with one attached hydrogen (secondary N) is 1. The van der Waals surface area contributed by atoms with Crippen molar-refractivity contribution >= 4 is 5.97 Å². The lowest BCUT2D eigenvalue weighted by atomic mass is 10.1. The molecule has 0 aliphatic heterocycles. The third-order valence-electron chi connectivity index (χ3n) is 2.05. The molecule has 0 amide bonds. The zero-order valence-corrected chi connectivity index (χ0v) is 8.27. The molecule has 2 unspecified atom stereocenters. The number of carboxylic acid groups (broad SMARTS) is 1. The van der Waals surface area contributed by atoms with Crippen LogP contribution in [0, 0.1) is 0 Å². The molecular formula is C10H14N2O2. The van der Waals surface area contributed by atoms with E-state index in [4.69, 9.17) is 5.11 Å². The van der Waals surface area contributed by atoms with E-state index in [0.717, 1.165) is 5.56 Å². The number of carboxylic acids is 1. The molecule has 0 saturated heterocycles. The van der Waals surface area contributed by atoms with E-state index in [1.54, 1.807) is 19.3 Å². The van der Waals surface area contributed by atoms with Crippen LogP contribution in [0.15, 0.2) is 24.5 Å². The van der Waals surface area contributed by atoms with Gasteiger partial charge in [0, 0.05) is 18.4 Å². The van der Waals surface area contributed by atoms with E-state index in [0.29, 0.717) is 0 Å². The Morgan fingerprint density at radius 1 is 1.57 bits per heavy atom. The first-order valence-electron chi connectivity index (χ1n) is 4.50. The minimum atomic E-state index is -0.847. The molecule has 4 nitrogen and oxygen atoms in total. The molecule has 4 heteroatoms. The second kappa shape index (κ2) is 4.72. The molecule has 1 aromatic rings. The van der Waals surface area contributed by atoms with Gasteiger partial charge >= 0.3 is 5.97 Å². The Kier molecular flexibility index (Phi) is 3.59. The molecule has 0 fully saturated rings. The van der Waals surface area contributed by atoms with Crippen LogP contribution in [0.25, 0.3) is 0 Å². The monoisotopic (exact) mass is 194 g/mol. The summed E-state index contributed by atoms with van der Waals surface area (Å²) in [6.07, 6.45) is 3.42. The molecule has 0 aliphatic carbocycles. The molecule has 2 atom stereocenters. The Hall–Kier alpha value is -1.42. The Morgan fingerprint density at radius 3 is 2.79 bits per heavy atom. The highest BCUT2D eigenvalue weighted by atomic mass is 16.4. The van der Waals surface area contributed by atoms with Gasteiger partial charge in [0.2, 0.25) is 0 Å². The lowest BCUT2D eigenvalue weighted by molar-refractivity contribution is -0.139. The topological polar surface area (TPSA) is 62.2 Å². The van der Waals surface area contributed by atoms with Crippen LogP contribution in [0.1, 0.15) is 25.5 Å². The third-order valence-corrected chi connectivity index (χ3v) is 2.05. The van der Waals surface area contributed by atoms with Crippen molar-refractivity contribution in [3.63, 3.8) is 0 Å². The van der Waals surface area contributed by atoms with Crippen molar-refractivity contribution < 1.29 is 9.90 Å².